The van der Waals surface area contributed by atoms with Crippen LogP contribution in [0.4, 0.5) is 0 Å². The Morgan fingerprint density at radius 2 is 1.46 bits per heavy atom. The van der Waals surface area contributed by atoms with Crippen molar-refractivity contribution in [3.8, 4) is 11.1 Å². The number of ether oxygens (including phenoxy) is 1. The molecule has 0 fully saturated rings. The first kappa shape index (κ1) is 21.2. The maximum atomic E-state index is 11.7. The fourth-order valence-electron chi connectivity index (χ4n) is 2.48. The molecule has 6 nitrogen and oxygen atoms in total. The lowest BCUT2D eigenvalue weighted by Gasteiger charge is -2.12. The van der Waals surface area contributed by atoms with E-state index in [9.17, 15) is 4.79 Å². The summed E-state index contributed by atoms with van der Waals surface area (Å²) in [6.07, 6.45) is 0. The van der Waals surface area contributed by atoms with E-state index in [2.05, 4.69) is 10.3 Å². The van der Waals surface area contributed by atoms with Crippen molar-refractivity contribution in [2.24, 2.45) is 10.3 Å². The van der Waals surface area contributed by atoms with Crippen molar-refractivity contribution in [2.75, 3.05) is 7.11 Å². The van der Waals surface area contributed by atoms with Crippen LogP contribution < -0.4 is 0 Å². The lowest BCUT2D eigenvalue weighted by atomic mass is 9.97. The maximum Gasteiger partial charge on any atom is 0.337 e. The van der Waals surface area contributed by atoms with E-state index in [1.807, 2.05) is 58.0 Å². The predicted octanol–water partition coefficient (Wildman–Crippen LogP) is 4.97. The lowest BCUT2D eigenvalue weighted by Crippen LogP contribution is -2.01. The molecule has 0 aliphatic rings. The molecule has 0 spiro atoms. The fraction of sp³-hybridized carbons (Fsp3) is 0.318. The van der Waals surface area contributed by atoms with E-state index in [1.54, 1.807) is 12.1 Å². The number of rotatable bonds is 8. The molecule has 0 amide bonds. The molecule has 0 radical (unpaired) electrons. The normalized spacial score (nSPS) is 10.0. The number of carbonyl (C=O) groups excluding carboxylic acids is 1. The van der Waals surface area contributed by atoms with E-state index >= 15 is 0 Å². The van der Waals surface area contributed by atoms with Gasteiger partial charge in [-0.25, -0.2) is 4.79 Å². The van der Waals surface area contributed by atoms with Gasteiger partial charge in [-0.1, -0.05) is 34.6 Å². The molecule has 0 aromatic heterocycles. The van der Waals surface area contributed by atoms with Gasteiger partial charge in [-0.3, -0.25) is 0 Å². The van der Waals surface area contributed by atoms with Crippen LogP contribution in [0.1, 0.15) is 49.2 Å². The zero-order valence-corrected chi connectivity index (χ0v) is 17.0. The molecule has 6 heteroatoms. The average molecular weight is 382 g/mol. The molecule has 0 aliphatic carbocycles. The second-order valence-electron chi connectivity index (χ2n) is 6.68. The lowest BCUT2D eigenvalue weighted by molar-refractivity contribution is 0.0600. The number of oxime groups is 2. The predicted molar refractivity (Wildman–Crippen MR) is 110 cm³/mol. The second kappa shape index (κ2) is 10.3. The Labute approximate surface area is 165 Å². The molecule has 2 aromatic carbocycles. The highest BCUT2D eigenvalue weighted by atomic mass is 16.6. The highest BCUT2D eigenvalue weighted by Crippen LogP contribution is 2.27. The summed E-state index contributed by atoms with van der Waals surface area (Å²) in [6, 6.07) is 13.3. The third-order valence-corrected chi connectivity index (χ3v) is 3.74. The molecule has 2 rings (SSSR count). The minimum atomic E-state index is -0.363. The van der Waals surface area contributed by atoms with Crippen LogP contribution in [-0.2, 0) is 27.6 Å². The Morgan fingerprint density at radius 1 is 0.857 bits per heavy atom. The van der Waals surface area contributed by atoms with Crippen molar-refractivity contribution in [2.45, 2.75) is 40.9 Å². The van der Waals surface area contributed by atoms with Gasteiger partial charge >= 0.3 is 5.97 Å². The summed E-state index contributed by atoms with van der Waals surface area (Å²) in [5.41, 5.74) is 6.12. The molecular formula is C22H26N2O4. The van der Waals surface area contributed by atoms with E-state index in [0.717, 1.165) is 33.7 Å². The summed E-state index contributed by atoms with van der Waals surface area (Å²) in [6.45, 7) is 8.22. The molecular weight excluding hydrogens is 356 g/mol. The van der Waals surface area contributed by atoms with E-state index in [-0.39, 0.29) is 5.97 Å². The summed E-state index contributed by atoms with van der Waals surface area (Å²) in [5.74, 6) is -0.363. The number of nitrogens with zero attached hydrogens (tertiary/aromatic N) is 2. The second-order valence-corrected chi connectivity index (χ2v) is 6.68. The summed E-state index contributed by atoms with van der Waals surface area (Å²) >= 11 is 0. The van der Waals surface area contributed by atoms with Crippen LogP contribution in [0.25, 0.3) is 11.1 Å². The van der Waals surface area contributed by atoms with Gasteiger partial charge in [0.25, 0.3) is 0 Å². The van der Waals surface area contributed by atoms with Gasteiger partial charge < -0.3 is 14.4 Å². The largest absolute Gasteiger partial charge is 0.465 e. The summed E-state index contributed by atoms with van der Waals surface area (Å²) in [5, 5.41) is 7.98. The molecule has 0 aliphatic heterocycles. The van der Waals surface area contributed by atoms with Gasteiger partial charge in [0.1, 0.15) is 13.2 Å². The number of hydrogen-bond donors (Lipinski definition) is 0. The summed E-state index contributed by atoms with van der Waals surface area (Å²) in [4.78, 5) is 22.5. The Kier molecular flexibility index (Phi) is 7.75. The molecule has 0 bridgehead atoms. The van der Waals surface area contributed by atoms with Crippen molar-refractivity contribution in [1.29, 1.82) is 0 Å². The molecule has 0 N–H and O–H groups in total. The van der Waals surface area contributed by atoms with Crippen molar-refractivity contribution in [3.63, 3.8) is 0 Å². The maximum absolute atomic E-state index is 11.7. The topological polar surface area (TPSA) is 69.5 Å². The molecule has 0 unspecified atom stereocenters. The first-order chi connectivity index (χ1) is 13.4. The van der Waals surface area contributed by atoms with E-state index < -0.39 is 0 Å². The Morgan fingerprint density at radius 3 is 2.04 bits per heavy atom. The highest BCUT2D eigenvalue weighted by Gasteiger charge is 2.10. The van der Waals surface area contributed by atoms with Gasteiger partial charge in [0.05, 0.1) is 24.1 Å². The van der Waals surface area contributed by atoms with Gasteiger partial charge in [0.15, 0.2) is 0 Å². The van der Waals surface area contributed by atoms with E-state index in [4.69, 9.17) is 14.4 Å². The molecule has 148 valence electrons. The van der Waals surface area contributed by atoms with Crippen molar-refractivity contribution >= 4 is 17.4 Å². The quantitative estimate of drug-likeness (QED) is 0.367. The number of methoxy groups -OCH3 is 1. The Bertz CT molecular complexity index is 863. The zero-order valence-electron chi connectivity index (χ0n) is 17.0. The van der Waals surface area contributed by atoms with Gasteiger partial charge in [0, 0.05) is 0 Å². The number of benzene rings is 2. The van der Waals surface area contributed by atoms with E-state index in [0.29, 0.717) is 18.8 Å². The van der Waals surface area contributed by atoms with Crippen LogP contribution in [0.3, 0.4) is 0 Å². The van der Waals surface area contributed by atoms with Crippen molar-refractivity contribution in [1.82, 2.24) is 0 Å². The summed E-state index contributed by atoms with van der Waals surface area (Å²) in [7, 11) is 1.37. The average Bonchev–Trinajstić information content (AvgIpc) is 2.68. The Hall–Kier alpha value is -3.15. The zero-order chi connectivity index (χ0) is 20.5. The van der Waals surface area contributed by atoms with E-state index in [1.165, 1.54) is 7.11 Å². The van der Waals surface area contributed by atoms with Gasteiger partial charge in [0.2, 0.25) is 0 Å². The van der Waals surface area contributed by atoms with Crippen LogP contribution in [0.15, 0.2) is 52.8 Å². The fourth-order valence-corrected chi connectivity index (χ4v) is 2.48. The number of carbonyl (C=O) groups is 1. The third kappa shape index (κ3) is 6.23. The van der Waals surface area contributed by atoms with Crippen LogP contribution in [-0.4, -0.2) is 24.5 Å². The minimum absolute atomic E-state index is 0.340. The highest BCUT2D eigenvalue weighted by molar-refractivity contribution is 5.90. The number of esters is 1. The first-order valence-electron chi connectivity index (χ1n) is 8.97. The van der Waals surface area contributed by atoms with Crippen LogP contribution in [0, 0.1) is 0 Å². The van der Waals surface area contributed by atoms with Gasteiger partial charge in [-0.15, -0.1) is 0 Å². The van der Waals surface area contributed by atoms with Crippen molar-refractivity contribution in [3.05, 3.63) is 59.2 Å². The van der Waals surface area contributed by atoms with Gasteiger partial charge in [-0.2, -0.15) is 0 Å². The Balaban J connectivity index is 2.33. The monoisotopic (exact) mass is 382 g/mol. The van der Waals surface area contributed by atoms with Crippen LogP contribution in [0.5, 0.6) is 0 Å². The van der Waals surface area contributed by atoms with Crippen molar-refractivity contribution < 1.29 is 19.2 Å². The summed E-state index contributed by atoms with van der Waals surface area (Å²) < 4.78 is 4.76. The number of hydrogen-bond acceptors (Lipinski definition) is 6. The third-order valence-electron chi connectivity index (χ3n) is 3.74. The van der Waals surface area contributed by atoms with Crippen LogP contribution in [0.2, 0.25) is 0 Å². The molecule has 2 aromatic rings. The molecule has 0 atom stereocenters. The smallest absolute Gasteiger partial charge is 0.337 e. The molecule has 0 heterocycles. The standard InChI is InChI=1S/C22H26N2O4/c1-15(2)23-27-13-17-6-7-20(14-28-24-16(3)4)21(12-17)18-8-10-19(11-9-18)22(25)26-5/h6-12H,13-14H2,1-5H3. The first-order valence-corrected chi connectivity index (χ1v) is 8.97. The van der Waals surface area contributed by atoms with Gasteiger partial charge in [-0.05, 0) is 68.1 Å². The SMILES string of the molecule is COC(=O)c1ccc(-c2cc(CON=C(C)C)ccc2CON=C(C)C)cc1. The molecule has 0 saturated heterocycles. The van der Waals surface area contributed by atoms with Crippen LogP contribution >= 0.6 is 0 Å². The molecule has 28 heavy (non-hydrogen) atoms. The molecule has 0 saturated carbocycles. The minimum Gasteiger partial charge on any atom is -0.465 e.